The Bertz CT molecular complexity index is 985. The van der Waals surface area contributed by atoms with Crippen LogP contribution in [0.5, 0.6) is 0 Å². The molecule has 0 fully saturated rings. The van der Waals surface area contributed by atoms with Gasteiger partial charge in [-0.2, -0.15) is 10.2 Å². The van der Waals surface area contributed by atoms with Crippen molar-refractivity contribution in [3.63, 3.8) is 0 Å². The third-order valence-electron chi connectivity index (χ3n) is 4.96. The van der Waals surface area contributed by atoms with Crippen LogP contribution in [0, 0.1) is 0 Å². The predicted molar refractivity (Wildman–Crippen MR) is 130 cm³/mol. The maximum atomic E-state index is 5.15. The van der Waals surface area contributed by atoms with Gasteiger partial charge in [0.15, 0.2) is 11.8 Å². The molecule has 1 aliphatic rings. The maximum absolute atomic E-state index is 5.15. The average molecular weight is 536 g/mol. The van der Waals surface area contributed by atoms with E-state index in [0.29, 0.717) is 13.2 Å². The van der Waals surface area contributed by atoms with Gasteiger partial charge in [0.2, 0.25) is 0 Å². The number of ether oxygens (including phenoxy) is 1. The summed E-state index contributed by atoms with van der Waals surface area (Å²) in [4.78, 5) is 9.33. The van der Waals surface area contributed by atoms with Crippen LogP contribution in [0.25, 0.3) is 5.69 Å². The van der Waals surface area contributed by atoms with Crippen LogP contribution in [0.1, 0.15) is 30.6 Å². The number of nitrogens with one attached hydrogen (secondary N) is 2. The van der Waals surface area contributed by atoms with Gasteiger partial charge in [0, 0.05) is 38.5 Å². The highest BCUT2D eigenvalue weighted by Gasteiger charge is 2.22. The molecule has 0 amide bonds. The van der Waals surface area contributed by atoms with Crippen LogP contribution in [-0.2, 0) is 30.9 Å². The number of aliphatic imine (C=N–C) groups is 1. The maximum Gasteiger partial charge on any atom is 0.191 e. The van der Waals surface area contributed by atoms with Crippen LogP contribution in [0.3, 0.4) is 0 Å². The summed E-state index contributed by atoms with van der Waals surface area (Å²) in [6, 6.07) is 10.4. The van der Waals surface area contributed by atoms with Crippen molar-refractivity contribution >= 4 is 29.9 Å². The lowest BCUT2D eigenvalue weighted by molar-refractivity contribution is 0.177. The number of halogens is 1. The normalized spacial score (nSPS) is 15.8. The van der Waals surface area contributed by atoms with E-state index in [0.717, 1.165) is 54.8 Å². The van der Waals surface area contributed by atoms with Crippen molar-refractivity contribution in [3.05, 3.63) is 59.9 Å². The molecule has 0 saturated heterocycles. The first kappa shape index (κ1) is 23.2. The largest absolute Gasteiger partial charge is 0.377 e. The second kappa shape index (κ2) is 11.2. The van der Waals surface area contributed by atoms with Gasteiger partial charge in [-0.1, -0.05) is 12.1 Å². The van der Waals surface area contributed by atoms with Gasteiger partial charge in [0.1, 0.15) is 12.4 Å². The van der Waals surface area contributed by atoms with Crippen molar-refractivity contribution in [1.29, 1.82) is 0 Å². The van der Waals surface area contributed by atoms with Crippen LogP contribution in [0.15, 0.2) is 47.7 Å². The quantitative estimate of drug-likeness (QED) is 0.274. The lowest BCUT2D eigenvalue weighted by Crippen LogP contribution is -2.47. The first-order valence-electron chi connectivity index (χ1n) is 10.3. The Morgan fingerprint density at radius 3 is 3.00 bits per heavy atom. The number of hydrogen-bond donors (Lipinski definition) is 2. The van der Waals surface area contributed by atoms with E-state index in [1.54, 1.807) is 13.3 Å². The summed E-state index contributed by atoms with van der Waals surface area (Å²) in [6.45, 7) is 4.68. The molecule has 3 aromatic rings. The van der Waals surface area contributed by atoms with Crippen LogP contribution in [0.4, 0.5) is 0 Å². The van der Waals surface area contributed by atoms with Crippen molar-refractivity contribution in [2.75, 3.05) is 13.7 Å². The van der Waals surface area contributed by atoms with E-state index >= 15 is 0 Å². The number of fused-ring (bicyclic) bond motifs is 1. The number of nitrogens with zero attached hydrogens (tertiary/aromatic N) is 6. The third kappa shape index (κ3) is 6.03. The standard InChI is InChI=1S/C21H28N8O.HI/c1-3-22-21(23-13-16-6-4-7-18(12-16)28-11-5-10-24-28)25-17-8-9-20-26-19(15-30-2)27-29(20)14-17;/h4-7,10-12,17H,3,8-9,13-15H2,1-2H3,(H2,22,23,25);1H. The summed E-state index contributed by atoms with van der Waals surface area (Å²) >= 11 is 0. The molecule has 10 heteroatoms. The number of methoxy groups -OCH3 is 1. The molecule has 0 saturated carbocycles. The minimum atomic E-state index is 0. The number of rotatable bonds is 7. The van der Waals surface area contributed by atoms with Gasteiger partial charge >= 0.3 is 0 Å². The van der Waals surface area contributed by atoms with Gasteiger partial charge in [-0.15, -0.1) is 24.0 Å². The molecule has 9 nitrogen and oxygen atoms in total. The highest BCUT2D eigenvalue weighted by Crippen LogP contribution is 2.14. The van der Waals surface area contributed by atoms with E-state index in [-0.39, 0.29) is 30.0 Å². The summed E-state index contributed by atoms with van der Waals surface area (Å²) in [6.07, 6.45) is 5.60. The SMILES string of the molecule is CCNC(=NCc1cccc(-n2cccn2)c1)NC1CCc2nc(COC)nn2C1.I. The molecule has 1 aliphatic heterocycles. The van der Waals surface area contributed by atoms with Crippen molar-refractivity contribution in [2.45, 2.75) is 45.5 Å². The zero-order valence-electron chi connectivity index (χ0n) is 17.9. The van der Waals surface area contributed by atoms with E-state index in [1.165, 1.54) is 0 Å². The molecular formula is C21H29IN8O. The fraction of sp³-hybridized carbons (Fsp3) is 0.429. The second-order valence-corrected chi connectivity index (χ2v) is 7.26. The summed E-state index contributed by atoms with van der Waals surface area (Å²) in [7, 11) is 1.66. The molecule has 2 aromatic heterocycles. The Hall–Kier alpha value is -2.47. The van der Waals surface area contributed by atoms with Gasteiger partial charge in [0.05, 0.1) is 18.8 Å². The third-order valence-corrected chi connectivity index (χ3v) is 4.96. The Morgan fingerprint density at radius 2 is 2.23 bits per heavy atom. The molecule has 166 valence electrons. The van der Waals surface area contributed by atoms with E-state index in [9.17, 15) is 0 Å². The molecular weight excluding hydrogens is 507 g/mol. The highest BCUT2D eigenvalue weighted by molar-refractivity contribution is 14.0. The second-order valence-electron chi connectivity index (χ2n) is 7.26. The van der Waals surface area contributed by atoms with E-state index in [1.807, 2.05) is 33.8 Å². The lowest BCUT2D eigenvalue weighted by Gasteiger charge is -2.25. The zero-order chi connectivity index (χ0) is 20.8. The molecule has 4 rings (SSSR count). The van der Waals surface area contributed by atoms with Crippen molar-refractivity contribution in [1.82, 2.24) is 35.2 Å². The fourth-order valence-electron chi connectivity index (χ4n) is 3.57. The van der Waals surface area contributed by atoms with E-state index < -0.39 is 0 Å². The summed E-state index contributed by atoms with van der Waals surface area (Å²) in [5.41, 5.74) is 2.16. The van der Waals surface area contributed by atoms with Crippen LogP contribution in [0.2, 0.25) is 0 Å². The predicted octanol–water partition coefficient (Wildman–Crippen LogP) is 2.30. The summed E-state index contributed by atoms with van der Waals surface area (Å²) < 4.78 is 8.98. The fourth-order valence-corrected chi connectivity index (χ4v) is 3.57. The Morgan fingerprint density at radius 1 is 1.32 bits per heavy atom. The average Bonchev–Trinajstić information content (AvgIpc) is 3.42. The number of aromatic nitrogens is 5. The minimum absolute atomic E-state index is 0. The molecule has 0 radical (unpaired) electrons. The van der Waals surface area contributed by atoms with E-state index in [4.69, 9.17) is 9.73 Å². The molecule has 1 aromatic carbocycles. The lowest BCUT2D eigenvalue weighted by atomic mass is 10.1. The molecule has 0 spiro atoms. The number of hydrogen-bond acceptors (Lipinski definition) is 5. The Kier molecular flexibility index (Phi) is 8.41. The summed E-state index contributed by atoms with van der Waals surface area (Å²) in [5.74, 6) is 2.58. The zero-order valence-corrected chi connectivity index (χ0v) is 20.2. The number of aryl methyl sites for hydroxylation is 1. The summed E-state index contributed by atoms with van der Waals surface area (Å²) in [5, 5.41) is 15.7. The van der Waals surface area contributed by atoms with Gasteiger partial charge in [-0.25, -0.2) is 19.3 Å². The molecule has 1 unspecified atom stereocenters. The van der Waals surface area contributed by atoms with Crippen LogP contribution >= 0.6 is 24.0 Å². The van der Waals surface area contributed by atoms with Crippen LogP contribution in [-0.4, -0.2) is 50.2 Å². The number of guanidine groups is 1. The molecule has 2 N–H and O–H groups in total. The first-order chi connectivity index (χ1) is 14.7. The van der Waals surface area contributed by atoms with Gasteiger partial charge in [-0.05, 0) is 37.1 Å². The Balaban J connectivity index is 0.00000272. The van der Waals surface area contributed by atoms with Crippen LogP contribution < -0.4 is 10.6 Å². The first-order valence-corrected chi connectivity index (χ1v) is 10.3. The molecule has 1 atom stereocenters. The number of benzene rings is 1. The van der Waals surface area contributed by atoms with Gasteiger partial charge < -0.3 is 15.4 Å². The van der Waals surface area contributed by atoms with Crippen molar-refractivity contribution in [2.24, 2.45) is 4.99 Å². The molecule has 0 bridgehead atoms. The van der Waals surface area contributed by atoms with Gasteiger partial charge in [-0.3, -0.25) is 0 Å². The van der Waals surface area contributed by atoms with Crippen molar-refractivity contribution < 1.29 is 4.74 Å². The van der Waals surface area contributed by atoms with Crippen molar-refractivity contribution in [3.8, 4) is 5.69 Å². The highest BCUT2D eigenvalue weighted by atomic mass is 127. The molecule has 3 heterocycles. The molecule has 0 aliphatic carbocycles. The molecule has 31 heavy (non-hydrogen) atoms. The Labute approximate surface area is 199 Å². The minimum Gasteiger partial charge on any atom is -0.377 e. The monoisotopic (exact) mass is 536 g/mol. The van der Waals surface area contributed by atoms with E-state index in [2.05, 4.69) is 44.9 Å². The van der Waals surface area contributed by atoms with Gasteiger partial charge in [0.25, 0.3) is 0 Å². The topological polar surface area (TPSA) is 94.2 Å². The smallest absolute Gasteiger partial charge is 0.191 e.